The summed E-state index contributed by atoms with van der Waals surface area (Å²) >= 11 is 5.78. The predicted molar refractivity (Wildman–Crippen MR) is 77.1 cm³/mol. The van der Waals surface area contributed by atoms with Crippen LogP contribution in [0.4, 0.5) is 0 Å². The van der Waals surface area contributed by atoms with Gasteiger partial charge in [-0.3, -0.25) is 4.79 Å². The molecule has 0 aromatic heterocycles. The summed E-state index contributed by atoms with van der Waals surface area (Å²) < 4.78 is 0. The topological polar surface area (TPSA) is 20.3 Å². The Morgan fingerprint density at radius 3 is 2.50 bits per heavy atom. The second-order valence-corrected chi connectivity index (χ2v) is 4.88. The quantitative estimate of drug-likeness (QED) is 0.691. The van der Waals surface area contributed by atoms with Gasteiger partial charge >= 0.3 is 0 Å². The van der Waals surface area contributed by atoms with Crippen LogP contribution in [-0.4, -0.2) is 29.8 Å². The van der Waals surface area contributed by atoms with Crippen LogP contribution in [0.15, 0.2) is 30.3 Å². The summed E-state index contributed by atoms with van der Waals surface area (Å²) in [5.74, 6) is 0.582. The fraction of sp³-hybridized carbons (Fsp3) is 0.533. The lowest BCUT2D eigenvalue weighted by molar-refractivity contribution is -0.132. The maximum absolute atomic E-state index is 12.4. The molecule has 1 atom stereocenters. The fourth-order valence-electron chi connectivity index (χ4n) is 1.94. The molecule has 1 rings (SSSR count). The van der Waals surface area contributed by atoms with Crippen molar-refractivity contribution in [3.05, 3.63) is 35.9 Å². The molecule has 0 heterocycles. The minimum Gasteiger partial charge on any atom is -0.341 e. The molecule has 0 aliphatic rings. The van der Waals surface area contributed by atoms with Gasteiger partial charge in [-0.2, -0.15) is 0 Å². The molecule has 0 spiro atoms. The van der Waals surface area contributed by atoms with E-state index < -0.39 is 0 Å². The minimum absolute atomic E-state index is 0.0914. The molecule has 0 saturated heterocycles. The van der Waals surface area contributed by atoms with Crippen molar-refractivity contribution in [2.45, 2.75) is 32.6 Å². The molecule has 1 aromatic rings. The molecule has 0 bridgehead atoms. The van der Waals surface area contributed by atoms with Crippen LogP contribution in [-0.2, 0) is 4.79 Å². The van der Waals surface area contributed by atoms with E-state index in [-0.39, 0.29) is 11.8 Å². The summed E-state index contributed by atoms with van der Waals surface area (Å²) in [6.07, 6.45) is 2.12. The van der Waals surface area contributed by atoms with E-state index in [1.165, 1.54) is 0 Å². The first-order valence-corrected chi connectivity index (χ1v) is 7.13. The molecule has 0 fully saturated rings. The Labute approximate surface area is 115 Å². The van der Waals surface area contributed by atoms with Gasteiger partial charge in [0.15, 0.2) is 0 Å². The number of rotatable bonds is 7. The second kappa shape index (κ2) is 8.15. The van der Waals surface area contributed by atoms with Crippen LogP contribution in [0.3, 0.4) is 0 Å². The van der Waals surface area contributed by atoms with Gasteiger partial charge in [-0.25, -0.2) is 0 Å². The first-order valence-electron chi connectivity index (χ1n) is 6.60. The fourth-order valence-corrected chi connectivity index (χ4v) is 2.15. The molecule has 1 amide bonds. The van der Waals surface area contributed by atoms with Crippen molar-refractivity contribution in [3.8, 4) is 0 Å². The maximum Gasteiger partial charge on any atom is 0.229 e. The summed E-state index contributed by atoms with van der Waals surface area (Å²) in [5.41, 5.74) is 1.07. The number of hydrogen-bond donors (Lipinski definition) is 0. The van der Waals surface area contributed by atoms with E-state index >= 15 is 0 Å². The molecule has 0 radical (unpaired) electrons. The Kier molecular flexibility index (Phi) is 6.81. The van der Waals surface area contributed by atoms with Gasteiger partial charge in [0.2, 0.25) is 5.91 Å². The molecule has 1 unspecified atom stereocenters. The molecule has 2 nitrogen and oxygen atoms in total. The highest BCUT2D eigenvalue weighted by Gasteiger charge is 2.20. The van der Waals surface area contributed by atoms with E-state index in [2.05, 4.69) is 6.92 Å². The molecular weight excluding hydrogens is 246 g/mol. The summed E-state index contributed by atoms with van der Waals surface area (Å²) in [7, 11) is 0. The highest BCUT2D eigenvalue weighted by atomic mass is 35.5. The number of carbonyl (C=O) groups is 1. The number of alkyl halides is 1. The van der Waals surface area contributed by atoms with Crippen LogP contribution >= 0.6 is 11.6 Å². The van der Waals surface area contributed by atoms with E-state index in [1.54, 1.807) is 0 Å². The van der Waals surface area contributed by atoms with Crippen molar-refractivity contribution in [2.75, 3.05) is 19.0 Å². The lowest BCUT2D eigenvalue weighted by Gasteiger charge is -2.25. The van der Waals surface area contributed by atoms with Crippen LogP contribution in [0.1, 0.15) is 38.2 Å². The zero-order valence-electron chi connectivity index (χ0n) is 11.2. The number of amides is 1. The lowest BCUT2D eigenvalue weighted by Crippen LogP contribution is -2.36. The minimum atomic E-state index is -0.0914. The summed E-state index contributed by atoms with van der Waals surface area (Å²) in [5, 5.41) is 0. The first kappa shape index (κ1) is 15.0. The van der Waals surface area contributed by atoms with Crippen LogP contribution in [0, 0.1) is 0 Å². The predicted octanol–water partition coefficient (Wildman–Crippen LogP) is 3.66. The first-order chi connectivity index (χ1) is 8.70. The largest absolute Gasteiger partial charge is 0.341 e. The average molecular weight is 268 g/mol. The van der Waals surface area contributed by atoms with Crippen molar-refractivity contribution in [3.63, 3.8) is 0 Å². The van der Waals surface area contributed by atoms with Gasteiger partial charge in [-0.1, -0.05) is 43.7 Å². The number of hydrogen-bond acceptors (Lipinski definition) is 1. The highest BCUT2D eigenvalue weighted by molar-refractivity contribution is 6.18. The van der Waals surface area contributed by atoms with E-state index in [9.17, 15) is 4.79 Å². The molecule has 0 aliphatic carbocycles. The van der Waals surface area contributed by atoms with Crippen LogP contribution in [0.25, 0.3) is 0 Å². The van der Waals surface area contributed by atoms with Crippen molar-refractivity contribution in [1.29, 1.82) is 0 Å². The van der Waals surface area contributed by atoms with E-state index in [1.807, 2.05) is 42.2 Å². The third-order valence-corrected chi connectivity index (χ3v) is 3.29. The normalized spacial score (nSPS) is 12.2. The van der Waals surface area contributed by atoms with Crippen LogP contribution in [0.5, 0.6) is 0 Å². The molecule has 100 valence electrons. The Balaban J connectivity index is 2.69. The third kappa shape index (κ3) is 4.34. The number of unbranched alkanes of at least 4 members (excludes halogenated alkanes) is 1. The number of benzene rings is 1. The standard InChI is InChI=1S/C15H22ClNO/c1-3-4-11-17(12-10-16)15(18)13(2)14-8-6-5-7-9-14/h5-9,13H,3-4,10-12H2,1-2H3. The Morgan fingerprint density at radius 1 is 1.28 bits per heavy atom. The van der Waals surface area contributed by atoms with Gasteiger partial charge in [-0.15, -0.1) is 11.6 Å². The second-order valence-electron chi connectivity index (χ2n) is 4.50. The Hall–Kier alpha value is -1.02. The van der Waals surface area contributed by atoms with E-state index in [0.717, 1.165) is 24.9 Å². The zero-order chi connectivity index (χ0) is 13.4. The smallest absolute Gasteiger partial charge is 0.229 e. The highest BCUT2D eigenvalue weighted by Crippen LogP contribution is 2.18. The van der Waals surface area contributed by atoms with Crippen LogP contribution in [0.2, 0.25) is 0 Å². The number of nitrogens with zero attached hydrogens (tertiary/aromatic N) is 1. The number of carbonyl (C=O) groups excluding carboxylic acids is 1. The third-order valence-electron chi connectivity index (χ3n) is 3.12. The summed E-state index contributed by atoms with van der Waals surface area (Å²) in [6, 6.07) is 9.91. The van der Waals surface area contributed by atoms with E-state index in [4.69, 9.17) is 11.6 Å². The van der Waals surface area contributed by atoms with Gasteiger partial charge in [0.25, 0.3) is 0 Å². The van der Waals surface area contributed by atoms with Crippen molar-refractivity contribution in [2.24, 2.45) is 0 Å². The molecule has 0 N–H and O–H groups in total. The lowest BCUT2D eigenvalue weighted by atomic mass is 9.99. The summed E-state index contributed by atoms with van der Waals surface area (Å²) in [6.45, 7) is 5.53. The Morgan fingerprint density at radius 2 is 1.94 bits per heavy atom. The zero-order valence-corrected chi connectivity index (χ0v) is 12.0. The maximum atomic E-state index is 12.4. The SMILES string of the molecule is CCCCN(CCCl)C(=O)C(C)c1ccccc1. The van der Waals surface area contributed by atoms with Gasteiger partial charge in [-0.05, 0) is 18.9 Å². The van der Waals surface area contributed by atoms with Crippen molar-refractivity contribution < 1.29 is 4.79 Å². The molecular formula is C15H22ClNO. The molecule has 1 aromatic carbocycles. The average Bonchev–Trinajstić information content (AvgIpc) is 2.43. The molecule has 3 heteroatoms. The van der Waals surface area contributed by atoms with Gasteiger partial charge in [0.05, 0.1) is 5.92 Å². The monoisotopic (exact) mass is 267 g/mol. The molecule has 0 aliphatic heterocycles. The van der Waals surface area contributed by atoms with E-state index in [0.29, 0.717) is 12.4 Å². The van der Waals surface area contributed by atoms with Crippen molar-refractivity contribution in [1.82, 2.24) is 4.90 Å². The van der Waals surface area contributed by atoms with Crippen molar-refractivity contribution >= 4 is 17.5 Å². The van der Waals surface area contributed by atoms with Gasteiger partial charge in [0, 0.05) is 19.0 Å². The van der Waals surface area contributed by atoms with Gasteiger partial charge in [0.1, 0.15) is 0 Å². The van der Waals surface area contributed by atoms with Crippen LogP contribution < -0.4 is 0 Å². The molecule has 18 heavy (non-hydrogen) atoms. The summed E-state index contributed by atoms with van der Waals surface area (Å²) in [4.78, 5) is 14.3. The molecule has 0 saturated carbocycles. The Bertz CT molecular complexity index is 353. The number of halogens is 1. The van der Waals surface area contributed by atoms with Gasteiger partial charge < -0.3 is 4.90 Å².